The van der Waals surface area contributed by atoms with Gasteiger partial charge in [0, 0.05) is 39.5 Å². The van der Waals surface area contributed by atoms with Gasteiger partial charge in [0.15, 0.2) is 0 Å². The summed E-state index contributed by atoms with van der Waals surface area (Å²) < 4.78 is 34.4. The van der Waals surface area contributed by atoms with Gasteiger partial charge in [0.2, 0.25) is 0 Å². The van der Waals surface area contributed by atoms with E-state index in [-0.39, 0.29) is 5.41 Å². The van der Waals surface area contributed by atoms with E-state index in [1.165, 1.54) is 30.6 Å². The molecule has 33 heavy (non-hydrogen) atoms. The molecule has 3 rings (SSSR count). The van der Waals surface area contributed by atoms with Crippen LogP contribution in [-0.2, 0) is 24.4 Å². The molecular formula is C25H38O6S2. The molecule has 186 valence electrons. The number of rotatable bonds is 16. The first-order valence-corrected chi connectivity index (χ1v) is 13.4. The molecule has 0 unspecified atom stereocenters. The number of thiophene rings is 2. The van der Waals surface area contributed by atoms with Gasteiger partial charge in [-0.3, -0.25) is 0 Å². The number of hydrogen-bond acceptors (Lipinski definition) is 8. The van der Waals surface area contributed by atoms with Crippen molar-refractivity contribution in [2.24, 2.45) is 0 Å². The minimum atomic E-state index is -0.184. The fourth-order valence-corrected chi connectivity index (χ4v) is 6.78. The molecule has 0 amide bonds. The van der Waals surface area contributed by atoms with Crippen molar-refractivity contribution >= 4 is 22.7 Å². The van der Waals surface area contributed by atoms with Gasteiger partial charge in [-0.15, -0.1) is 22.7 Å². The smallest absolute Gasteiger partial charge is 0.137 e. The second kappa shape index (κ2) is 12.5. The van der Waals surface area contributed by atoms with Crippen LogP contribution in [0.5, 0.6) is 11.5 Å². The standard InChI is InChI=1S/C25H38O6S2/c1-7-26-9-11-28-13-15-30-21-17(3)32-23-19(21)25(5,6)20-22(18(4)33-24(20)23)31-16-14-29-12-10-27-8-2/h7-16H2,1-6H3. The lowest BCUT2D eigenvalue weighted by Gasteiger charge is -2.24. The predicted octanol–water partition coefficient (Wildman–Crippen LogP) is 5.60. The molecule has 2 aromatic heterocycles. The van der Waals surface area contributed by atoms with Gasteiger partial charge in [0.05, 0.1) is 49.4 Å². The van der Waals surface area contributed by atoms with E-state index in [1.54, 1.807) is 0 Å². The second-order valence-corrected chi connectivity index (χ2v) is 10.8. The maximum absolute atomic E-state index is 6.25. The van der Waals surface area contributed by atoms with Crippen LogP contribution in [0.2, 0.25) is 0 Å². The lowest BCUT2D eigenvalue weighted by Crippen LogP contribution is -2.19. The lowest BCUT2D eigenvalue weighted by atomic mass is 9.82. The summed E-state index contributed by atoms with van der Waals surface area (Å²) in [7, 11) is 0. The maximum atomic E-state index is 6.25. The topological polar surface area (TPSA) is 55.4 Å². The summed E-state index contributed by atoms with van der Waals surface area (Å²) in [5.74, 6) is 2.00. The molecule has 8 heteroatoms. The molecule has 0 spiro atoms. The Hall–Kier alpha value is -1.16. The maximum Gasteiger partial charge on any atom is 0.137 e. The molecule has 0 bridgehead atoms. The Morgan fingerprint density at radius 2 is 0.939 bits per heavy atom. The van der Waals surface area contributed by atoms with Crippen molar-refractivity contribution in [3.05, 3.63) is 20.9 Å². The molecule has 0 saturated heterocycles. The van der Waals surface area contributed by atoms with Crippen LogP contribution in [0.25, 0.3) is 9.75 Å². The Morgan fingerprint density at radius 1 is 0.576 bits per heavy atom. The Bertz CT molecular complexity index is 816. The molecule has 0 N–H and O–H groups in total. The van der Waals surface area contributed by atoms with Gasteiger partial charge < -0.3 is 28.4 Å². The predicted molar refractivity (Wildman–Crippen MR) is 135 cm³/mol. The molecule has 2 heterocycles. The number of fused-ring (bicyclic) bond motifs is 3. The Kier molecular flexibility index (Phi) is 10.0. The highest BCUT2D eigenvalue weighted by atomic mass is 32.1. The van der Waals surface area contributed by atoms with E-state index in [1.807, 2.05) is 36.5 Å². The molecule has 0 atom stereocenters. The third-order valence-corrected chi connectivity index (χ3v) is 7.95. The first-order valence-electron chi connectivity index (χ1n) is 11.8. The molecule has 0 aromatic carbocycles. The summed E-state index contributed by atoms with van der Waals surface area (Å²) >= 11 is 3.63. The van der Waals surface area contributed by atoms with Crippen LogP contribution in [-0.4, -0.2) is 66.1 Å². The minimum Gasteiger partial charge on any atom is -0.490 e. The molecule has 1 aliphatic carbocycles. The zero-order chi connectivity index (χ0) is 23.8. The Morgan fingerprint density at radius 3 is 1.33 bits per heavy atom. The fourth-order valence-electron chi connectivity index (χ4n) is 4.12. The zero-order valence-electron chi connectivity index (χ0n) is 20.8. The average molecular weight is 499 g/mol. The van der Waals surface area contributed by atoms with E-state index < -0.39 is 0 Å². The summed E-state index contributed by atoms with van der Waals surface area (Å²) in [6, 6.07) is 0. The Balaban J connectivity index is 1.64. The zero-order valence-corrected chi connectivity index (χ0v) is 22.5. The first kappa shape index (κ1) is 26.4. The van der Waals surface area contributed by atoms with Crippen molar-refractivity contribution < 1.29 is 28.4 Å². The van der Waals surface area contributed by atoms with E-state index in [0.29, 0.717) is 66.1 Å². The van der Waals surface area contributed by atoms with Crippen molar-refractivity contribution in [3.8, 4) is 21.3 Å². The summed E-state index contributed by atoms with van der Waals surface area (Å²) in [4.78, 5) is 5.06. The van der Waals surface area contributed by atoms with Crippen LogP contribution in [0, 0.1) is 13.8 Å². The van der Waals surface area contributed by atoms with Gasteiger partial charge in [-0.1, -0.05) is 13.8 Å². The summed E-state index contributed by atoms with van der Waals surface area (Å²) in [5.41, 5.74) is 2.37. The number of hydrogen-bond donors (Lipinski definition) is 0. The van der Waals surface area contributed by atoms with Crippen LogP contribution in [0.3, 0.4) is 0 Å². The van der Waals surface area contributed by atoms with Gasteiger partial charge in [-0.25, -0.2) is 0 Å². The highest BCUT2D eigenvalue weighted by Gasteiger charge is 2.45. The average Bonchev–Trinajstić information content (AvgIpc) is 3.35. The molecule has 0 radical (unpaired) electrons. The molecular weight excluding hydrogens is 460 g/mol. The van der Waals surface area contributed by atoms with Crippen molar-refractivity contribution in [1.82, 2.24) is 0 Å². The van der Waals surface area contributed by atoms with E-state index in [9.17, 15) is 0 Å². The van der Waals surface area contributed by atoms with Crippen molar-refractivity contribution in [2.75, 3.05) is 66.1 Å². The van der Waals surface area contributed by atoms with Crippen LogP contribution < -0.4 is 9.47 Å². The van der Waals surface area contributed by atoms with E-state index in [0.717, 1.165) is 11.5 Å². The molecule has 0 aliphatic heterocycles. The minimum absolute atomic E-state index is 0.184. The van der Waals surface area contributed by atoms with Crippen LogP contribution in [0.4, 0.5) is 0 Å². The van der Waals surface area contributed by atoms with Crippen molar-refractivity contribution in [3.63, 3.8) is 0 Å². The molecule has 6 nitrogen and oxygen atoms in total. The largest absolute Gasteiger partial charge is 0.490 e. The summed E-state index contributed by atoms with van der Waals surface area (Å²) in [6.45, 7) is 18.8. The molecule has 0 saturated carbocycles. The third kappa shape index (κ3) is 6.10. The van der Waals surface area contributed by atoms with Gasteiger partial charge in [-0.05, 0) is 27.7 Å². The van der Waals surface area contributed by atoms with E-state index in [4.69, 9.17) is 28.4 Å². The van der Waals surface area contributed by atoms with Crippen LogP contribution in [0.1, 0.15) is 48.6 Å². The molecule has 1 aliphatic rings. The van der Waals surface area contributed by atoms with Gasteiger partial charge in [0.1, 0.15) is 24.7 Å². The van der Waals surface area contributed by atoms with Crippen molar-refractivity contribution in [1.29, 1.82) is 0 Å². The van der Waals surface area contributed by atoms with Crippen molar-refractivity contribution in [2.45, 2.75) is 47.0 Å². The number of ether oxygens (including phenoxy) is 6. The van der Waals surface area contributed by atoms with Gasteiger partial charge >= 0.3 is 0 Å². The van der Waals surface area contributed by atoms with E-state index in [2.05, 4.69) is 27.7 Å². The normalized spacial score (nSPS) is 13.9. The number of aryl methyl sites for hydroxylation is 2. The highest BCUT2D eigenvalue weighted by Crippen LogP contribution is 2.62. The monoisotopic (exact) mass is 498 g/mol. The summed E-state index contributed by atoms with van der Waals surface area (Å²) in [6.07, 6.45) is 0. The summed E-state index contributed by atoms with van der Waals surface area (Å²) in [5, 5.41) is 0. The first-order chi connectivity index (χ1) is 15.9. The molecule has 2 aromatic rings. The van der Waals surface area contributed by atoms with E-state index >= 15 is 0 Å². The lowest BCUT2D eigenvalue weighted by molar-refractivity contribution is 0.0401. The quantitative estimate of drug-likeness (QED) is 0.281. The Labute approximate surface area is 206 Å². The SMILES string of the molecule is CCOCCOCCOc1c(C)sc2c1C(C)(C)c1c-2sc(C)c1OCCOCCOCC. The van der Waals surface area contributed by atoms with Crippen LogP contribution >= 0.6 is 22.7 Å². The molecule has 0 fully saturated rings. The second-order valence-electron chi connectivity index (χ2n) is 8.32. The third-order valence-electron chi connectivity index (χ3n) is 5.61. The fraction of sp³-hybridized carbons (Fsp3) is 0.680. The van der Waals surface area contributed by atoms with Crippen LogP contribution in [0.15, 0.2) is 0 Å². The highest BCUT2D eigenvalue weighted by molar-refractivity contribution is 7.23. The van der Waals surface area contributed by atoms with Gasteiger partial charge in [0.25, 0.3) is 0 Å². The van der Waals surface area contributed by atoms with Gasteiger partial charge in [-0.2, -0.15) is 0 Å².